The lowest BCUT2D eigenvalue weighted by molar-refractivity contribution is -0.122. The van der Waals surface area contributed by atoms with Gasteiger partial charge >= 0.3 is 0 Å². The highest BCUT2D eigenvalue weighted by molar-refractivity contribution is 9.10. The zero-order valence-electron chi connectivity index (χ0n) is 14.6. The highest BCUT2D eigenvalue weighted by Crippen LogP contribution is 2.39. The Hall–Kier alpha value is -1.47. The summed E-state index contributed by atoms with van der Waals surface area (Å²) in [6.45, 7) is 4.96. The second-order valence-corrected chi connectivity index (χ2v) is 7.36. The Morgan fingerprint density at radius 2 is 2.00 bits per heavy atom. The maximum absolute atomic E-state index is 12.5. The van der Waals surface area contributed by atoms with E-state index < -0.39 is 0 Å². The minimum atomic E-state index is -0.226. The van der Waals surface area contributed by atoms with Gasteiger partial charge in [-0.2, -0.15) is 0 Å². The fourth-order valence-corrected chi connectivity index (χ4v) is 3.98. The third kappa shape index (κ3) is 4.79. The lowest BCUT2D eigenvalue weighted by Crippen LogP contribution is -2.29. The normalized spacial score (nSPS) is 16.0. The number of carbonyl (C=O) groups is 2. The zero-order valence-corrected chi connectivity index (χ0v) is 17.0. The number of rotatable bonds is 8. The summed E-state index contributed by atoms with van der Waals surface area (Å²) < 4.78 is 11.7. The Bertz CT molecular complexity index is 690. The monoisotopic (exact) mass is 427 g/mol. The van der Waals surface area contributed by atoms with Crippen molar-refractivity contribution in [2.24, 2.45) is 0 Å². The molecule has 0 bridgehead atoms. The number of nitrogens with zero attached hydrogens (tertiary/aromatic N) is 1. The second-order valence-electron chi connectivity index (χ2n) is 5.51. The van der Waals surface area contributed by atoms with Crippen LogP contribution in [0.2, 0.25) is 0 Å². The van der Waals surface area contributed by atoms with Crippen LogP contribution in [0.4, 0.5) is 4.79 Å². The molecule has 0 unspecified atom stereocenters. The van der Waals surface area contributed by atoms with Gasteiger partial charge in [-0.25, -0.2) is 0 Å². The van der Waals surface area contributed by atoms with Gasteiger partial charge in [0.25, 0.3) is 11.1 Å². The molecule has 25 heavy (non-hydrogen) atoms. The van der Waals surface area contributed by atoms with E-state index in [-0.39, 0.29) is 11.1 Å². The number of imide groups is 1. The molecule has 0 radical (unpaired) electrons. The standard InChI is InChI=1S/C18H22BrNO4S/c1-4-6-7-8-20-17(21)15(25-18(20)22)11-12-9-13(19)16(23-3)14(10-12)24-5-2/h9-11H,4-8H2,1-3H3/b15-11-. The number of hydrogen-bond acceptors (Lipinski definition) is 5. The van der Waals surface area contributed by atoms with E-state index in [1.54, 1.807) is 19.3 Å². The van der Waals surface area contributed by atoms with Crippen LogP contribution in [0.25, 0.3) is 6.08 Å². The van der Waals surface area contributed by atoms with E-state index in [0.717, 1.165) is 41.1 Å². The molecular weight excluding hydrogens is 406 g/mol. The molecule has 2 amide bonds. The number of amides is 2. The summed E-state index contributed by atoms with van der Waals surface area (Å²) in [5.74, 6) is 0.968. The van der Waals surface area contributed by atoms with Crippen molar-refractivity contribution in [3.05, 3.63) is 27.1 Å². The highest BCUT2D eigenvalue weighted by Gasteiger charge is 2.34. The predicted molar refractivity (Wildman–Crippen MR) is 104 cm³/mol. The van der Waals surface area contributed by atoms with Crippen molar-refractivity contribution in [1.29, 1.82) is 0 Å². The Morgan fingerprint density at radius 1 is 1.24 bits per heavy atom. The second kappa shape index (κ2) is 9.29. The highest BCUT2D eigenvalue weighted by atomic mass is 79.9. The number of unbranched alkanes of at least 4 members (excludes halogenated alkanes) is 2. The minimum Gasteiger partial charge on any atom is -0.492 e. The van der Waals surface area contributed by atoms with E-state index in [2.05, 4.69) is 22.9 Å². The Kier molecular flexibility index (Phi) is 7.38. The first kappa shape index (κ1) is 19.8. The third-order valence-corrected chi connectivity index (χ3v) is 5.19. The molecule has 1 aliphatic rings. The van der Waals surface area contributed by atoms with Crippen LogP contribution >= 0.6 is 27.7 Å². The molecule has 0 spiro atoms. The lowest BCUT2D eigenvalue weighted by atomic mass is 10.1. The van der Waals surface area contributed by atoms with Crippen LogP contribution < -0.4 is 9.47 Å². The van der Waals surface area contributed by atoms with Gasteiger partial charge in [-0.05, 0) is 64.8 Å². The number of thioether (sulfide) groups is 1. The maximum atomic E-state index is 12.5. The summed E-state index contributed by atoms with van der Waals surface area (Å²) in [4.78, 5) is 26.3. The van der Waals surface area contributed by atoms with Gasteiger partial charge in [0, 0.05) is 6.54 Å². The maximum Gasteiger partial charge on any atom is 0.293 e. The van der Waals surface area contributed by atoms with E-state index in [0.29, 0.717) is 29.6 Å². The lowest BCUT2D eigenvalue weighted by Gasteiger charge is -2.12. The van der Waals surface area contributed by atoms with Crippen LogP contribution in [-0.4, -0.2) is 36.3 Å². The molecule has 1 fully saturated rings. The van der Waals surface area contributed by atoms with E-state index in [1.807, 2.05) is 13.0 Å². The molecule has 0 atom stereocenters. The van der Waals surface area contributed by atoms with Crippen molar-refractivity contribution in [3.63, 3.8) is 0 Å². The first-order valence-electron chi connectivity index (χ1n) is 8.27. The van der Waals surface area contributed by atoms with E-state index in [4.69, 9.17) is 9.47 Å². The molecule has 0 N–H and O–H groups in total. The summed E-state index contributed by atoms with van der Waals surface area (Å²) in [7, 11) is 1.57. The van der Waals surface area contributed by atoms with Crippen LogP contribution in [0, 0.1) is 0 Å². The minimum absolute atomic E-state index is 0.204. The van der Waals surface area contributed by atoms with Crippen LogP contribution in [0.3, 0.4) is 0 Å². The zero-order chi connectivity index (χ0) is 18.4. The molecule has 2 rings (SSSR count). The molecule has 1 heterocycles. The topological polar surface area (TPSA) is 55.8 Å². The molecule has 136 valence electrons. The first-order chi connectivity index (χ1) is 12.0. The van der Waals surface area contributed by atoms with Gasteiger partial charge in [-0.3, -0.25) is 14.5 Å². The van der Waals surface area contributed by atoms with E-state index in [1.165, 1.54) is 4.90 Å². The van der Waals surface area contributed by atoms with E-state index in [9.17, 15) is 9.59 Å². The summed E-state index contributed by atoms with van der Waals surface area (Å²) in [6.07, 6.45) is 4.61. The molecule has 0 saturated carbocycles. The first-order valence-corrected chi connectivity index (χ1v) is 9.88. The number of halogens is 1. The van der Waals surface area contributed by atoms with Gasteiger partial charge in [0.15, 0.2) is 11.5 Å². The van der Waals surface area contributed by atoms with Crippen LogP contribution in [-0.2, 0) is 4.79 Å². The molecule has 5 nitrogen and oxygen atoms in total. The average molecular weight is 428 g/mol. The SMILES string of the molecule is CCCCCN1C(=O)S/C(=C\c2cc(Br)c(OC)c(OCC)c2)C1=O. The van der Waals surface area contributed by atoms with Crippen molar-refractivity contribution in [2.45, 2.75) is 33.1 Å². The third-order valence-electron chi connectivity index (χ3n) is 3.69. The fourth-order valence-electron chi connectivity index (χ4n) is 2.50. The van der Waals surface area contributed by atoms with Gasteiger partial charge < -0.3 is 9.47 Å². The molecule has 1 aromatic rings. The predicted octanol–water partition coefficient (Wildman–Crippen LogP) is 5.08. The number of carbonyl (C=O) groups excluding carboxylic acids is 2. The summed E-state index contributed by atoms with van der Waals surface area (Å²) in [5.41, 5.74) is 0.773. The molecule has 7 heteroatoms. The summed E-state index contributed by atoms with van der Waals surface area (Å²) >= 11 is 4.44. The Balaban J connectivity index is 2.25. The van der Waals surface area contributed by atoms with Crippen molar-refractivity contribution < 1.29 is 19.1 Å². The van der Waals surface area contributed by atoms with Crippen LogP contribution in [0.5, 0.6) is 11.5 Å². The average Bonchev–Trinajstić information content (AvgIpc) is 2.82. The van der Waals surface area contributed by atoms with Gasteiger partial charge in [0.2, 0.25) is 0 Å². The molecule has 1 saturated heterocycles. The Labute approximate surface area is 160 Å². The van der Waals surface area contributed by atoms with Crippen LogP contribution in [0.1, 0.15) is 38.7 Å². The number of benzene rings is 1. The van der Waals surface area contributed by atoms with Gasteiger partial charge in [-0.1, -0.05) is 19.8 Å². The van der Waals surface area contributed by atoms with Crippen molar-refractivity contribution >= 4 is 44.9 Å². The van der Waals surface area contributed by atoms with Crippen molar-refractivity contribution in [2.75, 3.05) is 20.3 Å². The summed E-state index contributed by atoms with van der Waals surface area (Å²) in [6, 6.07) is 3.64. The number of ether oxygens (including phenoxy) is 2. The number of hydrogen-bond donors (Lipinski definition) is 0. The van der Waals surface area contributed by atoms with Crippen molar-refractivity contribution in [1.82, 2.24) is 4.90 Å². The number of methoxy groups -OCH3 is 1. The van der Waals surface area contributed by atoms with Gasteiger partial charge in [0.05, 0.1) is 23.1 Å². The Morgan fingerprint density at radius 3 is 2.64 bits per heavy atom. The quantitative estimate of drug-likeness (QED) is 0.427. The fraction of sp³-hybridized carbons (Fsp3) is 0.444. The van der Waals surface area contributed by atoms with Gasteiger partial charge in [-0.15, -0.1) is 0 Å². The molecule has 1 aromatic carbocycles. The molecule has 1 aliphatic heterocycles. The van der Waals surface area contributed by atoms with Crippen molar-refractivity contribution in [3.8, 4) is 11.5 Å². The molecule has 0 aromatic heterocycles. The summed E-state index contributed by atoms with van der Waals surface area (Å²) in [5, 5.41) is -0.204. The van der Waals surface area contributed by atoms with Crippen LogP contribution in [0.15, 0.2) is 21.5 Å². The smallest absolute Gasteiger partial charge is 0.293 e. The molecule has 0 aliphatic carbocycles. The molecular formula is C18H22BrNO4S. The van der Waals surface area contributed by atoms with Gasteiger partial charge in [0.1, 0.15) is 0 Å². The van der Waals surface area contributed by atoms with E-state index >= 15 is 0 Å². The largest absolute Gasteiger partial charge is 0.492 e.